The van der Waals surface area contributed by atoms with Crippen LogP contribution in [0.3, 0.4) is 0 Å². The fourth-order valence-corrected chi connectivity index (χ4v) is 3.22. The van der Waals surface area contributed by atoms with Crippen molar-refractivity contribution in [2.45, 2.75) is 25.3 Å². The fourth-order valence-electron chi connectivity index (χ4n) is 3.22. The van der Waals surface area contributed by atoms with Crippen LogP contribution in [0.1, 0.15) is 24.3 Å². The summed E-state index contributed by atoms with van der Waals surface area (Å²) in [7, 11) is 1.70. The van der Waals surface area contributed by atoms with Crippen LogP contribution in [0.25, 0.3) is 11.0 Å². The smallest absolute Gasteiger partial charge is 0.407 e. The Hall–Kier alpha value is -2.08. The number of piperidine rings is 1. The topological polar surface area (TPSA) is 67.6 Å². The van der Waals surface area contributed by atoms with Crippen molar-refractivity contribution in [1.29, 1.82) is 0 Å². The Kier molecular flexibility index (Phi) is 4.29. The van der Waals surface area contributed by atoms with E-state index in [4.69, 9.17) is 9.84 Å². The predicted molar refractivity (Wildman–Crippen MR) is 83.2 cm³/mol. The van der Waals surface area contributed by atoms with Gasteiger partial charge in [-0.3, -0.25) is 0 Å². The Morgan fingerprint density at radius 2 is 2.23 bits per heavy atom. The zero-order chi connectivity index (χ0) is 15.5. The number of hydrogen-bond donors (Lipinski definition) is 1. The van der Waals surface area contributed by atoms with Gasteiger partial charge in [-0.15, -0.1) is 0 Å². The number of carboxylic acid groups (broad SMARTS) is 1. The predicted octanol–water partition coefficient (Wildman–Crippen LogP) is 2.54. The maximum absolute atomic E-state index is 11.0. The molecule has 2 aromatic rings. The van der Waals surface area contributed by atoms with E-state index in [-0.39, 0.29) is 0 Å². The molecule has 3 rings (SSSR count). The molecule has 0 radical (unpaired) electrons. The van der Waals surface area contributed by atoms with Gasteiger partial charge in [0, 0.05) is 44.5 Å². The number of methoxy groups -OCH3 is 1. The van der Waals surface area contributed by atoms with Crippen LogP contribution in [-0.4, -0.2) is 52.5 Å². The lowest BCUT2D eigenvalue weighted by molar-refractivity contribution is 0.132. The Morgan fingerprint density at radius 1 is 1.45 bits per heavy atom. The van der Waals surface area contributed by atoms with Crippen LogP contribution in [-0.2, 0) is 11.3 Å². The Bertz CT molecular complexity index is 660. The maximum atomic E-state index is 11.0. The third-order valence-electron chi connectivity index (χ3n) is 4.41. The number of rotatable bonds is 4. The fraction of sp³-hybridized carbons (Fsp3) is 0.500. The minimum absolute atomic E-state index is 0.395. The van der Waals surface area contributed by atoms with Gasteiger partial charge in [0.2, 0.25) is 0 Å². The number of aromatic nitrogens is 2. The van der Waals surface area contributed by atoms with E-state index in [1.54, 1.807) is 7.11 Å². The quantitative estimate of drug-likeness (QED) is 0.942. The molecule has 1 saturated heterocycles. The van der Waals surface area contributed by atoms with E-state index in [2.05, 4.69) is 21.8 Å². The van der Waals surface area contributed by atoms with Gasteiger partial charge in [0.05, 0.1) is 6.61 Å². The first kappa shape index (κ1) is 14.8. The molecule has 0 unspecified atom stereocenters. The van der Waals surface area contributed by atoms with Gasteiger partial charge in [-0.1, -0.05) is 0 Å². The zero-order valence-corrected chi connectivity index (χ0v) is 12.7. The molecule has 0 aromatic carbocycles. The monoisotopic (exact) mass is 303 g/mol. The van der Waals surface area contributed by atoms with Crippen molar-refractivity contribution in [2.24, 2.45) is 0 Å². The minimum atomic E-state index is -0.817. The molecule has 2 aromatic heterocycles. The van der Waals surface area contributed by atoms with E-state index in [1.165, 1.54) is 15.8 Å². The molecular formula is C16H21N3O3. The van der Waals surface area contributed by atoms with Gasteiger partial charge >= 0.3 is 6.09 Å². The van der Waals surface area contributed by atoms with E-state index in [0.717, 1.165) is 25.0 Å². The lowest BCUT2D eigenvalue weighted by Crippen LogP contribution is -2.36. The van der Waals surface area contributed by atoms with Gasteiger partial charge in [-0.2, -0.15) is 0 Å². The number of ether oxygens (including phenoxy) is 1. The van der Waals surface area contributed by atoms with Gasteiger partial charge in [0.25, 0.3) is 0 Å². The number of pyridine rings is 1. The summed E-state index contributed by atoms with van der Waals surface area (Å²) >= 11 is 0. The van der Waals surface area contributed by atoms with E-state index in [1.807, 2.05) is 12.3 Å². The van der Waals surface area contributed by atoms with E-state index in [0.29, 0.717) is 25.6 Å². The van der Waals surface area contributed by atoms with Crippen molar-refractivity contribution in [2.75, 3.05) is 26.8 Å². The molecule has 1 aliphatic heterocycles. The van der Waals surface area contributed by atoms with Gasteiger partial charge in [-0.25, -0.2) is 9.78 Å². The molecule has 3 heterocycles. The molecule has 22 heavy (non-hydrogen) atoms. The molecule has 6 nitrogen and oxygen atoms in total. The third kappa shape index (κ3) is 2.78. The van der Waals surface area contributed by atoms with Gasteiger partial charge in [-0.05, 0) is 36.5 Å². The van der Waals surface area contributed by atoms with Crippen LogP contribution in [0, 0.1) is 0 Å². The molecule has 0 spiro atoms. The first-order chi connectivity index (χ1) is 10.7. The highest BCUT2D eigenvalue weighted by Crippen LogP contribution is 2.33. The normalized spacial score (nSPS) is 16.3. The summed E-state index contributed by atoms with van der Waals surface area (Å²) in [4.78, 5) is 17.0. The summed E-state index contributed by atoms with van der Waals surface area (Å²) in [5.74, 6) is 0.395. The Balaban J connectivity index is 1.86. The largest absolute Gasteiger partial charge is 0.465 e. The summed E-state index contributed by atoms with van der Waals surface area (Å²) < 4.78 is 7.31. The molecule has 1 aliphatic rings. The van der Waals surface area contributed by atoms with Crippen molar-refractivity contribution in [3.05, 3.63) is 30.1 Å². The summed E-state index contributed by atoms with van der Waals surface area (Å²) in [5.41, 5.74) is 2.26. The summed E-state index contributed by atoms with van der Waals surface area (Å²) in [6, 6.07) is 4.06. The van der Waals surface area contributed by atoms with Crippen molar-refractivity contribution >= 4 is 17.1 Å². The van der Waals surface area contributed by atoms with Crippen LogP contribution < -0.4 is 0 Å². The maximum Gasteiger partial charge on any atom is 0.407 e. The highest BCUT2D eigenvalue weighted by molar-refractivity contribution is 5.81. The van der Waals surface area contributed by atoms with Crippen molar-refractivity contribution in [3.63, 3.8) is 0 Å². The molecule has 0 atom stereocenters. The van der Waals surface area contributed by atoms with Crippen molar-refractivity contribution < 1.29 is 14.6 Å². The lowest BCUT2D eigenvalue weighted by Gasteiger charge is -2.29. The first-order valence-corrected chi connectivity index (χ1v) is 7.61. The summed E-state index contributed by atoms with van der Waals surface area (Å²) in [6.07, 6.45) is 4.89. The SMILES string of the molecule is COCCn1cc(C2CCN(C(=O)O)CC2)c2cccnc21. The van der Waals surface area contributed by atoms with Gasteiger partial charge in [0.15, 0.2) is 0 Å². The molecule has 0 aliphatic carbocycles. The highest BCUT2D eigenvalue weighted by Gasteiger charge is 2.26. The van der Waals surface area contributed by atoms with E-state index < -0.39 is 6.09 Å². The number of likely N-dealkylation sites (tertiary alicyclic amines) is 1. The van der Waals surface area contributed by atoms with Crippen LogP contribution in [0.15, 0.2) is 24.5 Å². The van der Waals surface area contributed by atoms with Gasteiger partial charge in [0.1, 0.15) is 5.65 Å². The second kappa shape index (κ2) is 6.36. The summed E-state index contributed by atoms with van der Waals surface area (Å²) in [6.45, 7) is 2.63. The molecule has 1 N–H and O–H groups in total. The van der Waals surface area contributed by atoms with Crippen LogP contribution >= 0.6 is 0 Å². The third-order valence-corrected chi connectivity index (χ3v) is 4.41. The average Bonchev–Trinajstić information content (AvgIpc) is 2.92. The highest BCUT2D eigenvalue weighted by atomic mass is 16.5. The zero-order valence-electron chi connectivity index (χ0n) is 12.7. The number of carbonyl (C=O) groups is 1. The molecule has 6 heteroatoms. The van der Waals surface area contributed by atoms with E-state index in [9.17, 15) is 4.79 Å². The molecule has 0 bridgehead atoms. The lowest BCUT2D eigenvalue weighted by atomic mass is 9.90. The molecule has 118 valence electrons. The number of nitrogens with zero attached hydrogens (tertiary/aromatic N) is 3. The number of amides is 1. The van der Waals surface area contributed by atoms with Crippen molar-refractivity contribution in [3.8, 4) is 0 Å². The van der Waals surface area contributed by atoms with Crippen LogP contribution in [0.2, 0.25) is 0 Å². The molecule has 1 amide bonds. The van der Waals surface area contributed by atoms with Crippen molar-refractivity contribution in [1.82, 2.24) is 14.5 Å². The van der Waals surface area contributed by atoms with E-state index >= 15 is 0 Å². The van der Waals surface area contributed by atoms with Crippen LogP contribution in [0.5, 0.6) is 0 Å². The minimum Gasteiger partial charge on any atom is -0.465 e. The second-order valence-corrected chi connectivity index (χ2v) is 5.69. The molecule has 1 fully saturated rings. The van der Waals surface area contributed by atoms with Crippen LogP contribution in [0.4, 0.5) is 4.79 Å². The number of hydrogen-bond acceptors (Lipinski definition) is 3. The second-order valence-electron chi connectivity index (χ2n) is 5.69. The Morgan fingerprint density at radius 3 is 2.91 bits per heavy atom. The number of fused-ring (bicyclic) bond motifs is 1. The van der Waals surface area contributed by atoms with Gasteiger partial charge < -0.3 is 19.3 Å². The Labute approximate surface area is 129 Å². The average molecular weight is 303 g/mol. The molecule has 0 saturated carbocycles. The first-order valence-electron chi connectivity index (χ1n) is 7.61. The molecular weight excluding hydrogens is 282 g/mol. The summed E-state index contributed by atoms with van der Waals surface area (Å²) in [5, 5.41) is 10.2. The standard InChI is InChI=1S/C16H21N3O3/c1-22-10-9-19-11-14(13-3-2-6-17-15(13)19)12-4-7-18(8-5-12)16(20)21/h2-3,6,11-12H,4-5,7-10H2,1H3,(H,20,21).